The number of fused-ring (bicyclic) bond motifs is 2. The van der Waals surface area contributed by atoms with Gasteiger partial charge in [0.2, 0.25) is 0 Å². The quantitative estimate of drug-likeness (QED) is 0.269. The van der Waals surface area contributed by atoms with Crippen LogP contribution in [0.15, 0.2) is 66.7 Å². The Morgan fingerprint density at radius 1 is 0.829 bits per heavy atom. The fourth-order valence-corrected chi connectivity index (χ4v) is 4.55. The molecule has 0 radical (unpaired) electrons. The molecule has 0 bridgehead atoms. The molecule has 2 amide bonds. The molecule has 2 aliphatic heterocycles. The van der Waals surface area contributed by atoms with E-state index in [0.29, 0.717) is 29.9 Å². The number of carbonyl (C=O) groups is 3. The van der Waals surface area contributed by atoms with Crippen LogP contribution in [-0.4, -0.2) is 55.9 Å². The Morgan fingerprint density at radius 3 is 2.40 bits per heavy atom. The lowest BCUT2D eigenvalue weighted by molar-refractivity contribution is 0.0527. The van der Waals surface area contributed by atoms with E-state index in [4.69, 9.17) is 9.47 Å². The van der Waals surface area contributed by atoms with E-state index in [2.05, 4.69) is 17.0 Å². The smallest absolute Gasteiger partial charge is 0.261 e. The first-order valence-electron chi connectivity index (χ1n) is 11.7. The molecular weight excluding hydrogens is 444 g/mol. The molecule has 0 atom stereocenters. The molecule has 0 spiro atoms. The molecule has 7 heteroatoms. The summed E-state index contributed by atoms with van der Waals surface area (Å²) in [6.07, 6.45) is 1.77. The molecule has 3 aromatic rings. The van der Waals surface area contributed by atoms with E-state index in [1.165, 1.54) is 16.0 Å². The molecular formula is C28H26N2O5. The second-order valence-electron chi connectivity index (χ2n) is 8.58. The van der Waals surface area contributed by atoms with Crippen molar-refractivity contribution in [2.45, 2.75) is 13.0 Å². The van der Waals surface area contributed by atoms with Gasteiger partial charge >= 0.3 is 0 Å². The number of anilines is 1. The molecule has 0 saturated carbocycles. The maximum Gasteiger partial charge on any atom is 0.261 e. The lowest BCUT2D eigenvalue weighted by atomic mass is 9.99. The number of amides is 2. The Hall–Kier alpha value is -3.97. The number of imide groups is 1. The number of rotatable bonds is 9. The fourth-order valence-electron chi connectivity index (χ4n) is 4.55. The number of hydrogen-bond donors (Lipinski definition) is 0. The van der Waals surface area contributed by atoms with E-state index in [9.17, 15) is 14.4 Å². The molecule has 35 heavy (non-hydrogen) atoms. The van der Waals surface area contributed by atoms with E-state index in [0.717, 1.165) is 37.2 Å². The van der Waals surface area contributed by atoms with Crippen molar-refractivity contribution in [2.75, 3.05) is 37.8 Å². The van der Waals surface area contributed by atoms with Gasteiger partial charge in [-0.15, -0.1) is 0 Å². The van der Waals surface area contributed by atoms with Crippen LogP contribution in [0.5, 0.6) is 5.75 Å². The molecule has 2 heterocycles. The lowest BCUT2D eigenvalue weighted by Crippen LogP contribution is -2.33. The van der Waals surface area contributed by atoms with Crippen LogP contribution in [0.2, 0.25) is 0 Å². The van der Waals surface area contributed by atoms with E-state index in [1.54, 1.807) is 24.3 Å². The second kappa shape index (κ2) is 10.1. The van der Waals surface area contributed by atoms with Gasteiger partial charge in [0.25, 0.3) is 11.8 Å². The van der Waals surface area contributed by atoms with Crippen LogP contribution in [0.1, 0.15) is 42.2 Å². The Bertz CT molecular complexity index is 1240. The third kappa shape index (κ3) is 4.81. The van der Waals surface area contributed by atoms with Gasteiger partial charge in [0, 0.05) is 24.3 Å². The number of carbonyl (C=O) groups excluding carboxylic acids is 3. The molecule has 3 aromatic carbocycles. The predicted molar refractivity (Wildman–Crippen MR) is 131 cm³/mol. The number of ether oxygens (including phenoxy) is 2. The van der Waals surface area contributed by atoms with E-state index in [-0.39, 0.29) is 25.0 Å². The standard InChI is InChI=1S/C28H26N2O5/c31-19-20-4-3-5-23(16-20)29-11-10-21-17-24(9-8-22(21)18-29)35-15-14-34-13-12-30-27(32)25-6-1-2-7-26(25)28(30)33/h1-9,16-17,19H,10-15,18H2. The van der Waals surface area contributed by atoms with Crippen molar-refractivity contribution in [3.05, 3.63) is 94.5 Å². The van der Waals surface area contributed by atoms with Crippen molar-refractivity contribution >= 4 is 23.8 Å². The largest absolute Gasteiger partial charge is 0.491 e. The second-order valence-corrected chi connectivity index (χ2v) is 8.58. The van der Waals surface area contributed by atoms with E-state index in [1.807, 2.05) is 30.3 Å². The molecule has 0 aliphatic carbocycles. The zero-order valence-electron chi connectivity index (χ0n) is 19.3. The monoisotopic (exact) mass is 470 g/mol. The Kier molecular flexibility index (Phi) is 6.59. The Labute approximate surface area is 203 Å². The van der Waals surface area contributed by atoms with E-state index >= 15 is 0 Å². The summed E-state index contributed by atoms with van der Waals surface area (Å²) in [4.78, 5) is 39.3. The van der Waals surface area contributed by atoms with Crippen LogP contribution in [-0.2, 0) is 17.7 Å². The van der Waals surface area contributed by atoms with Gasteiger partial charge in [-0.1, -0.05) is 30.3 Å². The van der Waals surface area contributed by atoms with Crippen molar-refractivity contribution in [1.29, 1.82) is 0 Å². The first-order chi connectivity index (χ1) is 17.1. The molecule has 0 N–H and O–H groups in total. The molecule has 2 aliphatic rings. The van der Waals surface area contributed by atoms with Crippen LogP contribution in [0.3, 0.4) is 0 Å². The number of aldehydes is 1. The van der Waals surface area contributed by atoms with Gasteiger partial charge in [-0.2, -0.15) is 0 Å². The van der Waals surface area contributed by atoms with Crippen molar-refractivity contribution in [3.63, 3.8) is 0 Å². The summed E-state index contributed by atoms with van der Waals surface area (Å²) >= 11 is 0. The molecule has 7 nitrogen and oxygen atoms in total. The summed E-state index contributed by atoms with van der Waals surface area (Å²) in [7, 11) is 0. The molecule has 0 saturated heterocycles. The summed E-state index contributed by atoms with van der Waals surface area (Å²) in [6.45, 7) is 2.89. The van der Waals surface area contributed by atoms with Crippen LogP contribution in [0.25, 0.3) is 0 Å². The van der Waals surface area contributed by atoms with Crippen LogP contribution in [0.4, 0.5) is 5.69 Å². The highest BCUT2D eigenvalue weighted by Crippen LogP contribution is 2.28. The van der Waals surface area contributed by atoms with Gasteiger partial charge in [-0.3, -0.25) is 19.3 Å². The highest BCUT2D eigenvalue weighted by molar-refractivity contribution is 6.21. The molecule has 0 aromatic heterocycles. The zero-order valence-corrected chi connectivity index (χ0v) is 19.3. The molecule has 5 rings (SSSR count). The van der Waals surface area contributed by atoms with Gasteiger partial charge in [0.15, 0.2) is 0 Å². The molecule has 0 fully saturated rings. The van der Waals surface area contributed by atoms with Gasteiger partial charge < -0.3 is 14.4 Å². The van der Waals surface area contributed by atoms with Crippen molar-refractivity contribution in [1.82, 2.24) is 4.90 Å². The minimum Gasteiger partial charge on any atom is -0.491 e. The number of benzene rings is 3. The lowest BCUT2D eigenvalue weighted by Gasteiger charge is -2.31. The first kappa shape index (κ1) is 22.8. The van der Waals surface area contributed by atoms with Crippen LogP contribution in [0, 0.1) is 0 Å². The topological polar surface area (TPSA) is 76.2 Å². The third-order valence-electron chi connectivity index (χ3n) is 6.40. The maximum atomic E-state index is 12.4. The first-order valence-corrected chi connectivity index (χ1v) is 11.7. The third-order valence-corrected chi connectivity index (χ3v) is 6.40. The summed E-state index contributed by atoms with van der Waals surface area (Å²) in [5.41, 5.74) is 5.15. The summed E-state index contributed by atoms with van der Waals surface area (Å²) in [5, 5.41) is 0. The summed E-state index contributed by atoms with van der Waals surface area (Å²) in [6, 6.07) is 20.7. The number of hydrogen-bond acceptors (Lipinski definition) is 6. The molecule has 0 unspecified atom stereocenters. The van der Waals surface area contributed by atoms with Crippen LogP contribution >= 0.6 is 0 Å². The average molecular weight is 471 g/mol. The SMILES string of the molecule is O=Cc1cccc(N2CCc3cc(OCCOCCN4C(=O)c5ccccc5C4=O)ccc3C2)c1. The zero-order chi connectivity index (χ0) is 24.2. The average Bonchev–Trinajstić information content (AvgIpc) is 3.15. The van der Waals surface area contributed by atoms with E-state index < -0.39 is 0 Å². The van der Waals surface area contributed by atoms with Gasteiger partial charge in [0.05, 0.1) is 30.9 Å². The van der Waals surface area contributed by atoms with Crippen LogP contribution < -0.4 is 9.64 Å². The van der Waals surface area contributed by atoms with Crippen molar-refractivity contribution in [2.24, 2.45) is 0 Å². The Morgan fingerprint density at radius 2 is 1.63 bits per heavy atom. The molecule has 178 valence electrons. The summed E-state index contributed by atoms with van der Waals surface area (Å²) < 4.78 is 11.5. The minimum absolute atomic E-state index is 0.220. The van der Waals surface area contributed by atoms with Crippen molar-refractivity contribution < 1.29 is 23.9 Å². The summed E-state index contributed by atoms with van der Waals surface area (Å²) in [5.74, 6) is 0.258. The fraction of sp³-hybridized carbons (Fsp3) is 0.250. The minimum atomic E-state index is -0.269. The van der Waals surface area contributed by atoms with Gasteiger partial charge in [-0.25, -0.2) is 0 Å². The Balaban J connectivity index is 1.07. The van der Waals surface area contributed by atoms with Gasteiger partial charge in [0.1, 0.15) is 18.6 Å². The van der Waals surface area contributed by atoms with Gasteiger partial charge in [-0.05, 0) is 53.9 Å². The highest BCUT2D eigenvalue weighted by atomic mass is 16.5. The van der Waals surface area contributed by atoms with Crippen molar-refractivity contribution in [3.8, 4) is 5.75 Å². The normalized spacial score (nSPS) is 14.6. The highest BCUT2D eigenvalue weighted by Gasteiger charge is 2.34. The maximum absolute atomic E-state index is 12.4. The predicted octanol–water partition coefficient (Wildman–Crippen LogP) is 3.75. The number of nitrogens with zero attached hydrogens (tertiary/aromatic N) is 2.